The molecule has 4 aromatic carbocycles. The van der Waals surface area contributed by atoms with Crippen LogP contribution in [0.1, 0.15) is 68.1 Å². The zero-order chi connectivity index (χ0) is 33.5. The van der Waals surface area contributed by atoms with E-state index in [9.17, 15) is 0 Å². The normalized spacial score (nSPS) is 11.5. The van der Waals surface area contributed by atoms with Gasteiger partial charge in [-0.3, -0.25) is 4.68 Å². The van der Waals surface area contributed by atoms with E-state index < -0.39 is 0 Å². The average Bonchev–Trinajstić information content (AvgIpc) is 3.56. The van der Waals surface area contributed by atoms with Gasteiger partial charge in [0, 0.05) is 34.5 Å². The van der Waals surface area contributed by atoms with Gasteiger partial charge in [0.25, 0.3) is 0 Å². The molecule has 7 aromatic rings. The van der Waals surface area contributed by atoms with Gasteiger partial charge in [0.1, 0.15) is 5.82 Å². The van der Waals surface area contributed by atoms with E-state index in [2.05, 4.69) is 132 Å². The number of ether oxygens (including phenoxy) is 1. The minimum absolute atomic E-state index is 0. The van der Waals surface area contributed by atoms with Crippen molar-refractivity contribution in [3.8, 4) is 34.1 Å². The van der Waals surface area contributed by atoms with E-state index >= 15 is 0 Å². The maximum absolute atomic E-state index is 6.61. The fourth-order valence-electron chi connectivity index (χ4n) is 6.59. The first-order chi connectivity index (χ1) is 23.2. The van der Waals surface area contributed by atoms with Gasteiger partial charge in [0.05, 0.1) is 5.69 Å². The molecular weight excluding hydrogens is 784 g/mol. The van der Waals surface area contributed by atoms with Crippen molar-refractivity contribution < 1.29 is 25.8 Å². The molecule has 3 heterocycles. The Hall–Kier alpha value is -4.47. The van der Waals surface area contributed by atoms with Gasteiger partial charge < -0.3 is 9.30 Å². The van der Waals surface area contributed by atoms with Crippen LogP contribution in [0.25, 0.3) is 44.4 Å². The zero-order valence-corrected chi connectivity index (χ0v) is 31.5. The number of hydrogen-bond donors (Lipinski definition) is 0. The van der Waals surface area contributed by atoms with Crippen molar-refractivity contribution in [1.82, 2.24) is 19.3 Å². The molecule has 0 unspecified atom stereocenters. The number of fused-ring (bicyclic) bond motifs is 3. The number of aromatic nitrogens is 4. The maximum Gasteiger partial charge on any atom is 2.00 e. The second-order valence-electron chi connectivity index (χ2n) is 13.6. The minimum Gasteiger partial charge on any atom is -0.509 e. The molecule has 3 aromatic heterocycles. The summed E-state index contributed by atoms with van der Waals surface area (Å²) in [4.78, 5) is 4.78. The molecule has 7 rings (SSSR count). The molecule has 0 spiro atoms. The molecule has 0 aliphatic carbocycles. The smallest absolute Gasteiger partial charge is 0.509 e. The van der Waals surface area contributed by atoms with E-state index in [4.69, 9.17) is 14.8 Å². The van der Waals surface area contributed by atoms with E-state index in [1.807, 2.05) is 29.1 Å². The summed E-state index contributed by atoms with van der Waals surface area (Å²) >= 11 is 0. The quantitative estimate of drug-likeness (QED) is 0.136. The Morgan fingerprint density at radius 1 is 0.796 bits per heavy atom. The average molecular weight is 826 g/mol. The van der Waals surface area contributed by atoms with Crippen molar-refractivity contribution in [3.63, 3.8) is 0 Å². The number of benzene rings is 4. The Labute approximate surface area is 304 Å². The van der Waals surface area contributed by atoms with Crippen LogP contribution in [0.15, 0.2) is 91.1 Å². The molecule has 5 nitrogen and oxygen atoms in total. The predicted molar refractivity (Wildman–Crippen MR) is 197 cm³/mol. The van der Waals surface area contributed by atoms with Crippen LogP contribution in [0.5, 0.6) is 11.5 Å². The molecule has 0 amide bonds. The van der Waals surface area contributed by atoms with Gasteiger partial charge in [-0.05, 0) is 91.4 Å². The fourth-order valence-corrected chi connectivity index (χ4v) is 6.59. The SMILES string of the molecule is Cc1ccnc(-n2c3[c-]c(Oc4[c-]c(-n5nc(C)c(-c6ccccc6)c5C)cc(C(C)C)c4)ccc3c3cc(CCC(C)C)ccc32)c1.[Pt+2]. The van der Waals surface area contributed by atoms with E-state index in [1.165, 1.54) is 10.9 Å². The standard InChI is InChI=1S/C43H42N4O.Pt/c1-27(2)13-14-32-15-18-40-39(22-32)38-17-16-36(26-41(38)46(40)42-21-29(5)19-20-44-42)48-37-24-34(28(3)4)23-35(25-37)47-31(7)43(30(6)45-47)33-11-9-8-10-12-33;/h8-12,15-24,27-28H,13-14H2,1-7H3;/q-2;+2. The Morgan fingerprint density at radius 3 is 2.33 bits per heavy atom. The second kappa shape index (κ2) is 14.2. The van der Waals surface area contributed by atoms with Crippen LogP contribution in [0.3, 0.4) is 0 Å². The van der Waals surface area contributed by atoms with Crippen LogP contribution in [0.2, 0.25) is 0 Å². The molecule has 0 N–H and O–H groups in total. The molecule has 0 radical (unpaired) electrons. The Kier molecular flexibility index (Phi) is 9.95. The molecule has 0 saturated heterocycles. The summed E-state index contributed by atoms with van der Waals surface area (Å²) in [5, 5.41) is 7.29. The zero-order valence-electron chi connectivity index (χ0n) is 29.2. The van der Waals surface area contributed by atoms with E-state index in [1.54, 1.807) is 0 Å². The van der Waals surface area contributed by atoms with Crippen molar-refractivity contribution >= 4 is 21.8 Å². The maximum atomic E-state index is 6.61. The van der Waals surface area contributed by atoms with Crippen molar-refractivity contribution in [2.24, 2.45) is 5.92 Å². The van der Waals surface area contributed by atoms with Gasteiger partial charge in [-0.1, -0.05) is 75.7 Å². The van der Waals surface area contributed by atoms with Crippen molar-refractivity contribution in [2.75, 3.05) is 0 Å². The molecule has 0 bridgehead atoms. The largest absolute Gasteiger partial charge is 2.00 e. The summed E-state index contributed by atoms with van der Waals surface area (Å²) in [5.74, 6) is 3.07. The number of pyridine rings is 1. The van der Waals surface area contributed by atoms with Crippen LogP contribution in [0, 0.1) is 38.8 Å². The van der Waals surface area contributed by atoms with Crippen molar-refractivity contribution in [3.05, 3.63) is 131 Å². The summed E-state index contributed by atoms with van der Waals surface area (Å²) in [6.45, 7) is 15.2. The van der Waals surface area contributed by atoms with Crippen LogP contribution in [-0.2, 0) is 27.5 Å². The topological polar surface area (TPSA) is 44.9 Å². The third kappa shape index (κ3) is 6.87. The Morgan fingerprint density at radius 2 is 1.59 bits per heavy atom. The summed E-state index contributed by atoms with van der Waals surface area (Å²) < 4.78 is 10.8. The summed E-state index contributed by atoms with van der Waals surface area (Å²) in [6.07, 6.45) is 4.09. The van der Waals surface area contributed by atoms with Crippen LogP contribution >= 0.6 is 0 Å². The summed E-state index contributed by atoms with van der Waals surface area (Å²) in [5.41, 5.74) is 10.9. The predicted octanol–water partition coefficient (Wildman–Crippen LogP) is 11.1. The third-order valence-corrected chi connectivity index (χ3v) is 9.18. The third-order valence-electron chi connectivity index (χ3n) is 9.18. The molecule has 0 saturated carbocycles. The van der Waals surface area contributed by atoms with Gasteiger partial charge in [0.2, 0.25) is 0 Å². The number of hydrogen-bond acceptors (Lipinski definition) is 3. The second-order valence-corrected chi connectivity index (χ2v) is 13.6. The molecule has 0 atom stereocenters. The van der Waals surface area contributed by atoms with Crippen molar-refractivity contribution in [2.45, 2.75) is 67.2 Å². The first-order valence-corrected chi connectivity index (χ1v) is 17.0. The van der Waals surface area contributed by atoms with E-state index in [-0.39, 0.29) is 27.0 Å². The molecular formula is C43H42N4OPt. The summed E-state index contributed by atoms with van der Waals surface area (Å²) in [7, 11) is 0. The van der Waals surface area contributed by atoms with Gasteiger partial charge in [-0.25, -0.2) is 4.98 Å². The Balaban J connectivity index is 0.00000417. The van der Waals surface area contributed by atoms with Gasteiger partial charge in [0.15, 0.2) is 0 Å². The molecule has 6 heteroatoms. The number of rotatable bonds is 9. The molecule has 250 valence electrons. The van der Waals surface area contributed by atoms with Crippen LogP contribution in [-0.4, -0.2) is 19.3 Å². The van der Waals surface area contributed by atoms with E-state index in [0.717, 1.165) is 74.4 Å². The molecule has 0 fully saturated rings. The van der Waals surface area contributed by atoms with Crippen molar-refractivity contribution in [1.29, 1.82) is 0 Å². The van der Waals surface area contributed by atoms with E-state index in [0.29, 0.717) is 17.4 Å². The fraction of sp³-hybridized carbons (Fsp3) is 0.256. The van der Waals surface area contributed by atoms with Crippen LogP contribution in [0.4, 0.5) is 0 Å². The summed E-state index contributed by atoms with van der Waals surface area (Å²) in [6, 6.07) is 37.0. The molecule has 49 heavy (non-hydrogen) atoms. The molecule has 0 aliphatic heterocycles. The minimum atomic E-state index is 0. The van der Waals surface area contributed by atoms with Gasteiger partial charge in [-0.15, -0.1) is 41.3 Å². The van der Waals surface area contributed by atoms with Gasteiger partial charge in [-0.2, -0.15) is 11.2 Å². The first kappa shape index (κ1) is 34.4. The number of nitrogens with zero attached hydrogens (tertiary/aromatic N) is 4. The first-order valence-electron chi connectivity index (χ1n) is 17.0. The molecule has 0 aliphatic rings. The van der Waals surface area contributed by atoms with Gasteiger partial charge >= 0.3 is 21.1 Å². The Bertz CT molecular complexity index is 2260. The monoisotopic (exact) mass is 825 g/mol. The number of aryl methyl sites for hydroxylation is 3. The van der Waals surface area contributed by atoms with Crippen LogP contribution < -0.4 is 4.74 Å².